The van der Waals surface area contributed by atoms with E-state index in [1.165, 1.54) is 26.2 Å². The molecule has 4 saturated carbocycles. The lowest BCUT2D eigenvalue weighted by Gasteiger charge is -2.57. The predicted octanol–water partition coefficient (Wildman–Crippen LogP) is 3.20. The molecule has 0 heterocycles. The molecule has 2 amide bonds. The maximum atomic E-state index is 12.7. The van der Waals surface area contributed by atoms with Crippen LogP contribution in [0.5, 0.6) is 0 Å². The number of rotatable bonds is 6. The van der Waals surface area contributed by atoms with Gasteiger partial charge >= 0.3 is 5.97 Å². The second kappa shape index (κ2) is 7.81. The Morgan fingerprint density at radius 1 is 1.03 bits per heavy atom. The third-order valence-electron chi connectivity index (χ3n) is 6.73. The number of carbonyl (C=O) groups is 3. The Balaban J connectivity index is 1.28. The fourth-order valence-electron chi connectivity index (χ4n) is 5.99. The van der Waals surface area contributed by atoms with Crippen LogP contribution in [0, 0.1) is 17.8 Å². The van der Waals surface area contributed by atoms with E-state index >= 15 is 0 Å². The first kappa shape index (κ1) is 19.9. The van der Waals surface area contributed by atoms with E-state index in [4.69, 9.17) is 4.74 Å². The third kappa shape index (κ3) is 4.62. The summed E-state index contributed by atoms with van der Waals surface area (Å²) in [4.78, 5) is 36.1. The van der Waals surface area contributed by atoms with Crippen molar-refractivity contribution in [3.63, 3.8) is 0 Å². The number of hydrogen-bond donors (Lipinski definition) is 2. The third-order valence-corrected chi connectivity index (χ3v) is 6.73. The lowest BCUT2D eigenvalue weighted by atomic mass is 9.53. The van der Waals surface area contributed by atoms with Gasteiger partial charge in [-0.25, -0.2) is 0 Å². The highest BCUT2D eigenvalue weighted by Gasteiger charge is 2.51. The Bertz CT molecular complexity index is 766. The topological polar surface area (TPSA) is 84.5 Å². The van der Waals surface area contributed by atoms with Gasteiger partial charge in [0.1, 0.15) is 0 Å². The van der Waals surface area contributed by atoms with Gasteiger partial charge in [-0.05, 0) is 80.9 Å². The molecule has 1 atom stereocenters. The van der Waals surface area contributed by atoms with Gasteiger partial charge in [-0.3, -0.25) is 14.4 Å². The van der Waals surface area contributed by atoms with E-state index in [-0.39, 0.29) is 23.8 Å². The molecule has 29 heavy (non-hydrogen) atoms. The van der Waals surface area contributed by atoms with Crippen molar-refractivity contribution in [2.75, 3.05) is 5.32 Å². The average Bonchev–Trinajstić information content (AvgIpc) is 2.61. The fraction of sp³-hybridized carbons (Fsp3) is 0.609. The zero-order valence-electron chi connectivity index (χ0n) is 17.2. The predicted molar refractivity (Wildman–Crippen MR) is 109 cm³/mol. The largest absolute Gasteiger partial charge is 0.452 e. The Morgan fingerprint density at radius 2 is 1.59 bits per heavy atom. The highest BCUT2D eigenvalue weighted by molar-refractivity contribution is 5.88. The van der Waals surface area contributed by atoms with Crippen molar-refractivity contribution in [1.82, 2.24) is 5.32 Å². The molecular weight excluding hydrogens is 368 g/mol. The standard InChI is InChI=1S/C23H30N2O4/c1-14(29-21(27)10-16-3-5-20(6-4-16)24-15(2)26)22(28)25-23-11-17-7-18(12-23)9-19(8-17)13-23/h3-6,14,17-19H,7-13H2,1-2H3,(H,24,26)(H,25,28)/t14-,17?,18?,19?,23?/m0/s1. The molecule has 5 rings (SSSR count). The molecule has 4 fully saturated rings. The van der Waals surface area contributed by atoms with Crippen molar-refractivity contribution in [2.45, 2.75) is 70.4 Å². The Hall–Kier alpha value is -2.37. The highest BCUT2D eigenvalue weighted by Crippen LogP contribution is 2.55. The van der Waals surface area contributed by atoms with Gasteiger partial charge in [0.05, 0.1) is 6.42 Å². The summed E-state index contributed by atoms with van der Waals surface area (Å²) >= 11 is 0. The second-order valence-electron chi connectivity index (χ2n) is 9.37. The number of esters is 1. The molecule has 0 spiro atoms. The summed E-state index contributed by atoms with van der Waals surface area (Å²) in [6.45, 7) is 3.09. The van der Waals surface area contributed by atoms with Crippen LogP contribution in [0.2, 0.25) is 0 Å². The van der Waals surface area contributed by atoms with Crippen LogP contribution in [-0.4, -0.2) is 29.4 Å². The second-order valence-corrected chi connectivity index (χ2v) is 9.37. The van der Waals surface area contributed by atoms with Gasteiger partial charge in [0.15, 0.2) is 6.10 Å². The zero-order valence-corrected chi connectivity index (χ0v) is 17.2. The average molecular weight is 399 g/mol. The molecule has 2 N–H and O–H groups in total. The fourth-order valence-corrected chi connectivity index (χ4v) is 5.99. The summed E-state index contributed by atoms with van der Waals surface area (Å²) in [6, 6.07) is 7.03. The Morgan fingerprint density at radius 3 is 2.10 bits per heavy atom. The molecule has 4 aliphatic rings. The molecule has 0 aromatic heterocycles. The van der Waals surface area contributed by atoms with Crippen LogP contribution in [0.1, 0.15) is 57.9 Å². The van der Waals surface area contributed by atoms with Crippen LogP contribution in [0.4, 0.5) is 5.69 Å². The quantitative estimate of drug-likeness (QED) is 0.721. The van der Waals surface area contributed by atoms with Crippen molar-refractivity contribution < 1.29 is 19.1 Å². The summed E-state index contributed by atoms with van der Waals surface area (Å²) in [5, 5.41) is 5.95. The van der Waals surface area contributed by atoms with E-state index in [1.807, 2.05) is 0 Å². The van der Waals surface area contributed by atoms with Crippen LogP contribution >= 0.6 is 0 Å². The summed E-state index contributed by atoms with van der Waals surface area (Å²) in [5.41, 5.74) is 1.38. The van der Waals surface area contributed by atoms with Gasteiger partial charge in [0.25, 0.3) is 5.91 Å². The zero-order chi connectivity index (χ0) is 20.6. The van der Waals surface area contributed by atoms with Gasteiger partial charge in [0, 0.05) is 18.2 Å². The monoisotopic (exact) mass is 398 g/mol. The number of carbonyl (C=O) groups excluding carboxylic acids is 3. The molecule has 0 saturated heterocycles. The van der Waals surface area contributed by atoms with Gasteiger partial charge in [0.2, 0.25) is 5.91 Å². The van der Waals surface area contributed by atoms with E-state index in [9.17, 15) is 14.4 Å². The lowest BCUT2D eigenvalue weighted by Crippen LogP contribution is -2.61. The first-order chi connectivity index (χ1) is 13.8. The Kier molecular flexibility index (Phi) is 5.36. The molecule has 4 bridgehead atoms. The summed E-state index contributed by atoms with van der Waals surface area (Å²) in [7, 11) is 0. The minimum absolute atomic E-state index is 0.0773. The van der Waals surface area contributed by atoms with Crippen LogP contribution in [-0.2, 0) is 25.5 Å². The number of hydrogen-bond acceptors (Lipinski definition) is 4. The molecule has 0 radical (unpaired) electrons. The van der Waals surface area contributed by atoms with Gasteiger partial charge in [-0.1, -0.05) is 12.1 Å². The molecule has 1 aromatic rings. The summed E-state index contributed by atoms with van der Waals surface area (Å²) in [5.74, 6) is 1.50. The molecule has 4 aliphatic carbocycles. The van der Waals surface area contributed by atoms with Crippen LogP contribution in [0.3, 0.4) is 0 Å². The summed E-state index contributed by atoms with van der Waals surface area (Å²) < 4.78 is 5.40. The van der Waals surface area contributed by atoms with Crippen LogP contribution in [0.15, 0.2) is 24.3 Å². The SMILES string of the molecule is CC(=O)Nc1ccc(CC(=O)O[C@@H](C)C(=O)NC23CC4CC(CC(C4)C2)C3)cc1. The molecule has 156 valence electrons. The molecule has 6 heteroatoms. The minimum Gasteiger partial charge on any atom is -0.452 e. The summed E-state index contributed by atoms with van der Waals surface area (Å²) in [6.07, 6.45) is 6.48. The first-order valence-electron chi connectivity index (χ1n) is 10.7. The maximum Gasteiger partial charge on any atom is 0.311 e. The van der Waals surface area contributed by atoms with Crippen molar-refractivity contribution >= 4 is 23.5 Å². The molecule has 0 unspecified atom stereocenters. The van der Waals surface area contributed by atoms with Crippen LogP contribution in [0.25, 0.3) is 0 Å². The van der Waals surface area contributed by atoms with Gasteiger partial charge < -0.3 is 15.4 Å². The van der Waals surface area contributed by atoms with Crippen molar-refractivity contribution in [3.8, 4) is 0 Å². The van der Waals surface area contributed by atoms with Gasteiger partial charge in [-0.2, -0.15) is 0 Å². The maximum absolute atomic E-state index is 12.7. The first-order valence-corrected chi connectivity index (χ1v) is 10.7. The van der Waals surface area contributed by atoms with E-state index < -0.39 is 12.1 Å². The van der Waals surface area contributed by atoms with Crippen molar-refractivity contribution in [3.05, 3.63) is 29.8 Å². The number of amides is 2. The Labute approximate surface area is 171 Å². The number of benzene rings is 1. The number of ether oxygens (including phenoxy) is 1. The van der Waals surface area contributed by atoms with E-state index in [0.29, 0.717) is 5.69 Å². The van der Waals surface area contributed by atoms with E-state index in [1.54, 1.807) is 31.2 Å². The highest BCUT2D eigenvalue weighted by atomic mass is 16.5. The molecular formula is C23H30N2O4. The lowest BCUT2D eigenvalue weighted by molar-refractivity contribution is -0.156. The minimum atomic E-state index is -0.797. The van der Waals surface area contributed by atoms with Gasteiger partial charge in [-0.15, -0.1) is 0 Å². The van der Waals surface area contributed by atoms with Crippen molar-refractivity contribution in [2.24, 2.45) is 17.8 Å². The molecule has 6 nitrogen and oxygen atoms in total. The number of anilines is 1. The van der Waals surface area contributed by atoms with Crippen LogP contribution < -0.4 is 10.6 Å². The normalized spacial score (nSPS) is 30.5. The van der Waals surface area contributed by atoms with E-state index in [2.05, 4.69) is 10.6 Å². The van der Waals surface area contributed by atoms with E-state index in [0.717, 1.165) is 42.6 Å². The smallest absolute Gasteiger partial charge is 0.311 e. The number of nitrogens with one attached hydrogen (secondary N) is 2. The molecule has 0 aliphatic heterocycles. The molecule has 1 aromatic carbocycles. The van der Waals surface area contributed by atoms with Crippen molar-refractivity contribution in [1.29, 1.82) is 0 Å².